The summed E-state index contributed by atoms with van der Waals surface area (Å²) in [5.41, 5.74) is 0.173. The molecule has 0 aliphatic heterocycles. The molecule has 0 amide bonds. The van der Waals surface area contributed by atoms with E-state index < -0.39 is 0 Å². The number of anilines is 1. The van der Waals surface area contributed by atoms with Gasteiger partial charge in [0.25, 0.3) is 0 Å². The van der Waals surface area contributed by atoms with Crippen molar-refractivity contribution < 1.29 is 0 Å². The molecule has 1 heterocycles. The summed E-state index contributed by atoms with van der Waals surface area (Å²) < 4.78 is 0. The van der Waals surface area contributed by atoms with Gasteiger partial charge in [-0.25, -0.2) is 4.98 Å². The molecular formula is C9H16N2S. The van der Waals surface area contributed by atoms with Gasteiger partial charge in [0.2, 0.25) is 0 Å². The zero-order chi connectivity index (χ0) is 9.03. The SMILES string of the molecule is CCCC(C)(C)Nc1nccs1. The van der Waals surface area contributed by atoms with Crippen LogP contribution in [0, 0.1) is 0 Å². The molecule has 0 saturated heterocycles. The first-order chi connectivity index (χ1) is 5.64. The Labute approximate surface area is 78.0 Å². The van der Waals surface area contributed by atoms with Crippen molar-refractivity contribution in [1.29, 1.82) is 0 Å². The quantitative estimate of drug-likeness (QED) is 0.777. The van der Waals surface area contributed by atoms with E-state index in [1.807, 2.05) is 11.6 Å². The molecule has 0 aromatic carbocycles. The lowest BCUT2D eigenvalue weighted by atomic mass is 10.00. The maximum absolute atomic E-state index is 4.19. The molecular weight excluding hydrogens is 168 g/mol. The van der Waals surface area contributed by atoms with Crippen LogP contribution in [0.4, 0.5) is 5.13 Å². The van der Waals surface area contributed by atoms with Gasteiger partial charge in [-0.15, -0.1) is 11.3 Å². The standard InChI is InChI=1S/C9H16N2S/c1-4-5-9(2,3)11-8-10-6-7-12-8/h6-7H,4-5H2,1-3H3,(H,10,11). The lowest BCUT2D eigenvalue weighted by Gasteiger charge is -2.25. The number of hydrogen-bond donors (Lipinski definition) is 1. The zero-order valence-corrected chi connectivity index (χ0v) is 8.74. The van der Waals surface area contributed by atoms with Gasteiger partial charge in [-0.05, 0) is 20.3 Å². The smallest absolute Gasteiger partial charge is 0.182 e. The first-order valence-corrected chi connectivity index (χ1v) is 5.20. The van der Waals surface area contributed by atoms with Gasteiger partial charge in [-0.1, -0.05) is 13.3 Å². The Morgan fingerprint density at radius 3 is 2.83 bits per heavy atom. The second-order valence-corrected chi connectivity index (χ2v) is 4.49. The molecule has 0 bridgehead atoms. The molecule has 0 unspecified atom stereocenters. The number of nitrogens with one attached hydrogen (secondary N) is 1. The highest BCUT2D eigenvalue weighted by Crippen LogP contribution is 2.20. The summed E-state index contributed by atoms with van der Waals surface area (Å²) in [4.78, 5) is 4.19. The van der Waals surface area contributed by atoms with Crippen LogP contribution in [0.15, 0.2) is 11.6 Å². The van der Waals surface area contributed by atoms with E-state index in [9.17, 15) is 0 Å². The first kappa shape index (κ1) is 9.52. The summed E-state index contributed by atoms with van der Waals surface area (Å²) in [6, 6.07) is 0. The van der Waals surface area contributed by atoms with Crippen molar-refractivity contribution in [3.05, 3.63) is 11.6 Å². The Kier molecular flexibility index (Phi) is 3.09. The largest absolute Gasteiger partial charge is 0.357 e. The van der Waals surface area contributed by atoms with E-state index in [2.05, 4.69) is 31.1 Å². The summed E-state index contributed by atoms with van der Waals surface area (Å²) in [6.07, 6.45) is 4.20. The molecule has 0 aliphatic carbocycles. The zero-order valence-electron chi connectivity index (χ0n) is 7.92. The van der Waals surface area contributed by atoms with E-state index in [1.165, 1.54) is 12.8 Å². The highest BCUT2D eigenvalue weighted by molar-refractivity contribution is 7.13. The molecule has 0 radical (unpaired) electrons. The molecule has 3 heteroatoms. The molecule has 1 rings (SSSR count). The fourth-order valence-electron chi connectivity index (χ4n) is 1.26. The molecule has 12 heavy (non-hydrogen) atoms. The van der Waals surface area contributed by atoms with Gasteiger partial charge in [-0.3, -0.25) is 0 Å². The third kappa shape index (κ3) is 2.81. The summed E-state index contributed by atoms with van der Waals surface area (Å²) >= 11 is 1.65. The number of thiazole rings is 1. The van der Waals surface area contributed by atoms with Gasteiger partial charge < -0.3 is 5.32 Å². The average molecular weight is 184 g/mol. The van der Waals surface area contributed by atoms with Crippen LogP contribution in [-0.2, 0) is 0 Å². The minimum Gasteiger partial charge on any atom is -0.357 e. The van der Waals surface area contributed by atoms with Crippen LogP contribution in [0.5, 0.6) is 0 Å². The third-order valence-corrected chi connectivity index (χ3v) is 2.44. The van der Waals surface area contributed by atoms with Crippen molar-refractivity contribution in [2.24, 2.45) is 0 Å². The molecule has 1 aromatic heterocycles. The highest BCUT2D eigenvalue weighted by Gasteiger charge is 2.16. The van der Waals surface area contributed by atoms with Crippen LogP contribution in [-0.4, -0.2) is 10.5 Å². The molecule has 68 valence electrons. The van der Waals surface area contributed by atoms with E-state index in [0.717, 1.165) is 5.13 Å². The highest BCUT2D eigenvalue weighted by atomic mass is 32.1. The topological polar surface area (TPSA) is 24.9 Å². The maximum Gasteiger partial charge on any atom is 0.182 e. The van der Waals surface area contributed by atoms with Crippen molar-refractivity contribution in [3.63, 3.8) is 0 Å². The van der Waals surface area contributed by atoms with E-state index in [-0.39, 0.29) is 5.54 Å². The van der Waals surface area contributed by atoms with Crippen molar-refractivity contribution in [2.75, 3.05) is 5.32 Å². The summed E-state index contributed by atoms with van der Waals surface area (Å²) in [6.45, 7) is 6.61. The maximum atomic E-state index is 4.19. The lowest BCUT2D eigenvalue weighted by molar-refractivity contribution is 0.510. The molecule has 2 nitrogen and oxygen atoms in total. The summed E-state index contributed by atoms with van der Waals surface area (Å²) in [7, 11) is 0. The molecule has 0 saturated carbocycles. The Hall–Kier alpha value is -0.570. The molecule has 0 fully saturated rings. The van der Waals surface area contributed by atoms with E-state index in [4.69, 9.17) is 0 Å². The van der Waals surface area contributed by atoms with Gasteiger partial charge in [0.1, 0.15) is 0 Å². The Morgan fingerprint density at radius 1 is 1.58 bits per heavy atom. The van der Waals surface area contributed by atoms with Gasteiger partial charge >= 0.3 is 0 Å². The fourth-order valence-corrected chi connectivity index (χ4v) is 1.97. The van der Waals surface area contributed by atoms with Crippen molar-refractivity contribution >= 4 is 16.5 Å². The summed E-state index contributed by atoms with van der Waals surface area (Å²) in [5, 5.41) is 6.42. The van der Waals surface area contributed by atoms with E-state index in [0.29, 0.717) is 0 Å². The average Bonchev–Trinajstić information content (AvgIpc) is 2.38. The number of nitrogens with zero attached hydrogens (tertiary/aromatic N) is 1. The van der Waals surface area contributed by atoms with Crippen molar-refractivity contribution in [1.82, 2.24) is 4.98 Å². The predicted molar refractivity (Wildman–Crippen MR) is 54.7 cm³/mol. The Balaban J connectivity index is 2.50. The van der Waals surface area contributed by atoms with Crippen LogP contribution in [0.25, 0.3) is 0 Å². The van der Waals surface area contributed by atoms with Gasteiger partial charge in [0.05, 0.1) is 0 Å². The van der Waals surface area contributed by atoms with Crippen LogP contribution >= 0.6 is 11.3 Å². The van der Waals surface area contributed by atoms with E-state index in [1.54, 1.807) is 11.3 Å². The monoisotopic (exact) mass is 184 g/mol. The predicted octanol–water partition coefficient (Wildman–Crippen LogP) is 3.13. The minimum absolute atomic E-state index is 0.173. The second-order valence-electron chi connectivity index (χ2n) is 3.60. The van der Waals surface area contributed by atoms with Crippen LogP contribution in [0.1, 0.15) is 33.6 Å². The molecule has 0 atom stereocenters. The normalized spacial score (nSPS) is 11.6. The Morgan fingerprint density at radius 2 is 2.33 bits per heavy atom. The van der Waals surface area contributed by atoms with Crippen molar-refractivity contribution in [3.8, 4) is 0 Å². The van der Waals surface area contributed by atoms with E-state index >= 15 is 0 Å². The molecule has 1 aromatic rings. The number of rotatable bonds is 4. The minimum atomic E-state index is 0.173. The molecule has 0 aliphatic rings. The number of aromatic nitrogens is 1. The first-order valence-electron chi connectivity index (χ1n) is 4.32. The molecule has 1 N–H and O–H groups in total. The summed E-state index contributed by atoms with van der Waals surface area (Å²) in [5.74, 6) is 0. The second kappa shape index (κ2) is 3.90. The van der Waals surface area contributed by atoms with Gasteiger partial charge in [0.15, 0.2) is 5.13 Å². The lowest BCUT2D eigenvalue weighted by Crippen LogP contribution is -2.30. The fraction of sp³-hybridized carbons (Fsp3) is 0.667. The third-order valence-electron chi connectivity index (χ3n) is 1.75. The molecule has 0 spiro atoms. The van der Waals surface area contributed by atoms with Gasteiger partial charge in [-0.2, -0.15) is 0 Å². The van der Waals surface area contributed by atoms with Gasteiger partial charge in [0, 0.05) is 17.1 Å². The van der Waals surface area contributed by atoms with Crippen LogP contribution < -0.4 is 5.32 Å². The van der Waals surface area contributed by atoms with Crippen molar-refractivity contribution in [2.45, 2.75) is 39.2 Å². The van der Waals surface area contributed by atoms with Crippen LogP contribution in [0.3, 0.4) is 0 Å². The Bertz CT molecular complexity index is 216. The number of hydrogen-bond acceptors (Lipinski definition) is 3. The van der Waals surface area contributed by atoms with Crippen LogP contribution in [0.2, 0.25) is 0 Å².